The van der Waals surface area contributed by atoms with Crippen molar-refractivity contribution in [3.63, 3.8) is 0 Å². The fourth-order valence-electron chi connectivity index (χ4n) is 2.74. The van der Waals surface area contributed by atoms with Crippen LogP contribution >= 0.6 is 0 Å². The molecule has 144 valence electrons. The molecule has 0 saturated heterocycles. The second-order valence-electron chi connectivity index (χ2n) is 6.10. The minimum Gasteiger partial charge on any atom is -0.482 e. The number of nitrogens with one attached hydrogen (secondary N) is 2. The Kier molecular flexibility index (Phi) is 6.64. The second kappa shape index (κ2) is 8.72. The molecular formula is C16H20F3N3O4. The Balaban J connectivity index is 1.80. The van der Waals surface area contributed by atoms with Crippen molar-refractivity contribution >= 4 is 12.0 Å². The lowest BCUT2D eigenvalue weighted by atomic mass is 9.86. The zero-order valence-corrected chi connectivity index (χ0v) is 13.9. The maximum atomic E-state index is 12.3. The van der Waals surface area contributed by atoms with Crippen molar-refractivity contribution < 1.29 is 32.6 Å². The third kappa shape index (κ3) is 6.41. The summed E-state index contributed by atoms with van der Waals surface area (Å²) in [6, 6.07) is 0.871. The predicted molar refractivity (Wildman–Crippen MR) is 84.5 cm³/mol. The summed E-state index contributed by atoms with van der Waals surface area (Å²) < 4.78 is 41.5. The Morgan fingerprint density at radius 1 is 1.27 bits per heavy atom. The van der Waals surface area contributed by atoms with Crippen LogP contribution in [0.15, 0.2) is 18.5 Å². The van der Waals surface area contributed by atoms with Gasteiger partial charge in [-0.1, -0.05) is 0 Å². The smallest absolute Gasteiger partial charge is 0.422 e. The largest absolute Gasteiger partial charge is 0.482 e. The molecule has 1 aromatic rings. The molecule has 0 atom stereocenters. The lowest BCUT2D eigenvalue weighted by Gasteiger charge is -2.26. The predicted octanol–water partition coefficient (Wildman–Crippen LogP) is 2.47. The van der Waals surface area contributed by atoms with Gasteiger partial charge in [0.1, 0.15) is 5.75 Å². The average molecular weight is 375 g/mol. The van der Waals surface area contributed by atoms with Crippen LogP contribution in [0.25, 0.3) is 0 Å². The molecule has 1 aliphatic rings. The van der Waals surface area contributed by atoms with Crippen molar-refractivity contribution in [3.8, 4) is 5.75 Å². The first-order valence-electron chi connectivity index (χ1n) is 8.14. The number of alkyl halides is 3. The van der Waals surface area contributed by atoms with E-state index < -0.39 is 24.8 Å². The maximum absolute atomic E-state index is 12.3. The summed E-state index contributed by atoms with van der Waals surface area (Å²) in [5.41, 5.74) is 0.369. The standard InChI is InChI=1S/C16H20F3N3O4/c17-16(18,19)9-26-13-8-20-6-5-11(13)7-21-15(25)22-12-3-1-10(2-4-12)14(23)24/h5-6,8,10,12H,1-4,7,9H2,(H,23,24)(H2,21,22,25). The molecule has 3 N–H and O–H groups in total. The monoisotopic (exact) mass is 375 g/mol. The number of hydrogen-bond donors (Lipinski definition) is 3. The number of nitrogens with zero attached hydrogens (tertiary/aromatic N) is 1. The number of urea groups is 1. The molecule has 1 heterocycles. The molecule has 26 heavy (non-hydrogen) atoms. The molecule has 0 spiro atoms. The Morgan fingerprint density at radius 3 is 2.58 bits per heavy atom. The molecule has 1 aromatic heterocycles. The number of hydrogen-bond acceptors (Lipinski definition) is 4. The van der Waals surface area contributed by atoms with Gasteiger partial charge >= 0.3 is 18.2 Å². The van der Waals surface area contributed by atoms with E-state index >= 15 is 0 Å². The van der Waals surface area contributed by atoms with Gasteiger partial charge in [0.25, 0.3) is 0 Å². The quantitative estimate of drug-likeness (QED) is 0.709. The van der Waals surface area contributed by atoms with Crippen LogP contribution in [0, 0.1) is 5.92 Å². The van der Waals surface area contributed by atoms with E-state index in [1.807, 2.05) is 0 Å². The molecule has 0 unspecified atom stereocenters. The number of ether oxygens (including phenoxy) is 1. The number of amides is 2. The van der Waals surface area contributed by atoms with Gasteiger partial charge in [0.15, 0.2) is 6.61 Å². The van der Waals surface area contributed by atoms with Crippen molar-refractivity contribution in [1.82, 2.24) is 15.6 Å². The number of aromatic nitrogens is 1. The molecular weight excluding hydrogens is 355 g/mol. The summed E-state index contributed by atoms with van der Waals surface area (Å²) in [5.74, 6) is -1.25. The van der Waals surface area contributed by atoms with E-state index in [1.54, 1.807) is 0 Å². The number of carbonyl (C=O) groups excluding carboxylic acids is 1. The van der Waals surface area contributed by atoms with Gasteiger partial charge < -0.3 is 20.5 Å². The van der Waals surface area contributed by atoms with Crippen molar-refractivity contribution in [2.24, 2.45) is 5.92 Å². The van der Waals surface area contributed by atoms with Crippen LogP contribution in [-0.2, 0) is 11.3 Å². The van der Waals surface area contributed by atoms with Crippen molar-refractivity contribution in [3.05, 3.63) is 24.0 Å². The first kappa shape index (κ1) is 19.8. The van der Waals surface area contributed by atoms with Gasteiger partial charge in [-0.05, 0) is 31.7 Å². The minimum atomic E-state index is -4.47. The number of carboxylic acid groups (broad SMARTS) is 1. The van der Waals surface area contributed by atoms with Crippen LogP contribution in [0.5, 0.6) is 5.75 Å². The van der Waals surface area contributed by atoms with Gasteiger partial charge in [0.05, 0.1) is 12.1 Å². The molecule has 0 bridgehead atoms. The van der Waals surface area contributed by atoms with Crippen LogP contribution in [0.3, 0.4) is 0 Å². The molecule has 2 rings (SSSR count). The Morgan fingerprint density at radius 2 is 1.96 bits per heavy atom. The van der Waals surface area contributed by atoms with Crippen LogP contribution in [0.4, 0.5) is 18.0 Å². The van der Waals surface area contributed by atoms with Gasteiger partial charge in [-0.3, -0.25) is 9.78 Å². The fraction of sp³-hybridized carbons (Fsp3) is 0.562. The van der Waals surface area contributed by atoms with E-state index in [2.05, 4.69) is 15.6 Å². The van der Waals surface area contributed by atoms with Crippen LogP contribution in [0.1, 0.15) is 31.2 Å². The van der Waals surface area contributed by atoms with Crippen LogP contribution < -0.4 is 15.4 Å². The normalized spacial score (nSPS) is 20.3. The summed E-state index contributed by atoms with van der Waals surface area (Å²) in [6.45, 7) is -1.46. The third-order valence-electron chi connectivity index (χ3n) is 4.11. The van der Waals surface area contributed by atoms with E-state index in [1.165, 1.54) is 12.3 Å². The SMILES string of the molecule is O=C(NCc1ccncc1OCC(F)(F)F)NC1CCC(C(=O)O)CC1. The number of rotatable bonds is 6. The fourth-order valence-corrected chi connectivity index (χ4v) is 2.74. The second-order valence-corrected chi connectivity index (χ2v) is 6.10. The summed E-state index contributed by atoms with van der Waals surface area (Å²) in [5, 5.41) is 14.3. The van der Waals surface area contributed by atoms with Crippen LogP contribution in [0.2, 0.25) is 0 Å². The van der Waals surface area contributed by atoms with E-state index in [0.717, 1.165) is 6.20 Å². The topological polar surface area (TPSA) is 101 Å². The van der Waals surface area contributed by atoms with Gasteiger partial charge in [-0.25, -0.2) is 4.79 Å². The summed E-state index contributed by atoms with van der Waals surface area (Å²) in [4.78, 5) is 26.6. The average Bonchev–Trinajstić information content (AvgIpc) is 2.58. The maximum Gasteiger partial charge on any atom is 0.422 e. The molecule has 2 amide bonds. The lowest BCUT2D eigenvalue weighted by molar-refractivity contribution is -0.153. The third-order valence-corrected chi connectivity index (χ3v) is 4.11. The molecule has 1 saturated carbocycles. The van der Waals surface area contributed by atoms with E-state index in [9.17, 15) is 22.8 Å². The number of pyridine rings is 1. The Bertz CT molecular complexity index is 631. The van der Waals surface area contributed by atoms with Crippen molar-refractivity contribution in [2.75, 3.05) is 6.61 Å². The van der Waals surface area contributed by atoms with Gasteiger partial charge in [0, 0.05) is 24.3 Å². The minimum absolute atomic E-state index is 0.0218. The molecule has 0 radical (unpaired) electrons. The molecule has 1 fully saturated rings. The molecule has 10 heteroatoms. The van der Waals surface area contributed by atoms with E-state index in [0.29, 0.717) is 31.2 Å². The summed E-state index contributed by atoms with van der Waals surface area (Å²) >= 11 is 0. The Labute approximate surface area is 147 Å². The highest BCUT2D eigenvalue weighted by atomic mass is 19.4. The number of halogens is 3. The number of carboxylic acids is 1. The summed E-state index contributed by atoms with van der Waals surface area (Å²) in [6.07, 6.45) is 0.225. The van der Waals surface area contributed by atoms with Crippen LogP contribution in [-0.4, -0.2) is 40.9 Å². The molecule has 0 aromatic carbocycles. The first-order valence-corrected chi connectivity index (χ1v) is 8.14. The van der Waals surface area contributed by atoms with Gasteiger partial charge in [-0.15, -0.1) is 0 Å². The molecule has 1 aliphatic carbocycles. The number of carbonyl (C=O) groups is 2. The van der Waals surface area contributed by atoms with E-state index in [-0.39, 0.29) is 24.3 Å². The highest BCUT2D eigenvalue weighted by Crippen LogP contribution is 2.24. The Hall–Kier alpha value is -2.52. The van der Waals surface area contributed by atoms with Crippen molar-refractivity contribution in [1.29, 1.82) is 0 Å². The molecule has 7 nitrogen and oxygen atoms in total. The van der Waals surface area contributed by atoms with Gasteiger partial charge in [-0.2, -0.15) is 13.2 Å². The number of aliphatic carboxylic acids is 1. The first-order chi connectivity index (χ1) is 12.2. The van der Waals surface area contributed by atoms with E-state index in [4.69, 9.17) is 9.84 Å². The van der Waals surface area contributed by atoms with Crippen molar-refractivity contribution in [2.45, 2.75) is 44.4 Å². The zero-order chi connectivity index (χ0) is 19.2. The van der Waals surface area contributed by atoms with Gasteiger partial charge in [0.2, 0.25) is 0 Å². The zero-order valence-electron chi connectivity index (χ0n) is 13.9. The highest BCUT2D eigenvalue weighted by Gasteiger charge is 2.29. The molecule has 0 aliphatic heterocycles. The lowest BCUT2D eigenvalue weighted by Crippen LogP contribution is -2.43. The summed E-state index contributed by atoms with van der Waals surface area (Å²) in [7, 11) is 0. The highest BCUT2D eigenvalue weighted by molar-refractivity contribution is 5.74.